The van der Waals surface area contributed by atoms with Crippen LogP contribution in [0, 0.1) is 23.2 Å². The molecule has 2 aromatic heterocycles. The van der Waals surface area contributed by atoms with Crippen LogP contribution in [0.25, 0.3) is 10.4 Å². The lowest BCUT2D eigenvalue weighted by Crippen LogP contribution is -2.29. The minimum Gasteiger partial charge on any atom is -0.485 e. The standard InChI is InChI=1S/C28H32N4OS/c1-19-15-28(19,2)10-7-20-5-4-6-21(13-20)18-33-24-14-23(16-30-26(24)29)25-17-31-27(34-25)22-8-11-32(3)12-9-22/h4-6,13-14,16-17,19,22H,8-9,11-12,15,18H2,1-3H3,(H2,29,30). The van der Waals surface area contributed by atoms with Gasteiger partial charge in [-0.2, -0.15) is 0 Å². The molecule has 2 unspecified atom stereocenters. The number of nitrogen functional groups attached to an aromatic ring is 1. The number of rotatable bonds is 5. The third-order valence-electron chi connectivity index (χ3n) is 7.23. The second kappa shape index (κ2) is 9.40. The van der Waals surface area contributed by atoms with Crippen molar-refractivity contribution in [3.05, 3.63) is 58.9 Å². The van der Waals surface area contributed by atoms with Crippen molar-refractivity contribution in [2.45, 2.75) is 45.6 Å². The molecule has 3 heterocycles. The molecule has 2 aliphatic rings. The molecule has 3 aromatic rings. The van der Waals surface area contributed by atoms with Crippen molar-refractivity contribution in [2.75, 3.05) is 25.9 Å². The van der Waals surface area contributed by atoms with Crippen LogP contribution in [0.15, 0.2) is 42.7 Å². The summed E-state index contributed by atoms with van der Waals surface area (Å²) in [5.74, 6) is 9.01. The summed E-state index contributed by atoms with van der Waals surface area (Å²) in [6.07, 6.45) is 7.28. The highest BCUT2D eigenvalue weighted by Crippen LogP contribution is 2.51. The van der Waals surface area contributed by atoms with E-state index in [2.05, 4.69) is 60.8 Å². The van der Waals surface area contributed by atoms with Crippen LogP contribution in [0.4, 0.5) is 5.82 Å². The van der Waals surface area contributed by atoms with E-state index in [1.807, 2.05) is 24.5 Å². The molecule has 2 fully saturated rings. The van der Waals surface area contributed by atoms with Crippen LogP contribution in [0.1, 0.15) is 55.2 Å². The maximum absolute atomic E-state index is 6.14. The van der Waals surface area contributed by atoms with Gasteiger partial charge in [0.2, 0.25) is 0 Å². The molecular weight excluding hydrogens is 440 g/mol. The van der Waals surface area contributed by atoms with Crippen molar-refractivity contribution in [1.29, 1.82) is 0 Å². The molecule has 176 valence electrons. The fraction of sp³-hybridized carbons (Fsp3) is 0.429. The molecule has 0 radical (unpaired) electrons. The van der Waals surface area contributed by atoms with Crippen molar-refractivity contribution >= 4 is 17.2 Å². The van der Waals surface area contributed by atoms with Crippen molar-refractivity contribution in [3.8, 4) is 28.0 Å². The van der Waals surface area contributed by atoms with Crippen LogP contribution < -0.4 is 10.5 Å². The second-order valence-corrected chi connectivity index (χ2v) is 11.1. The molecule has 2 atom stereocenters. The topological polar surface area (TPSA) is 64.3 Å². The molecule has 6 heteroatoms. The van der Waals surface area contributed by atoms with E-state index in [9.17, 15) is 0 Å². The van der Waals surface area contributed by atoms with Crippen molar-refractivity contribution in [1.82, 2.24) is 14.9 Å². The second-order valence-electron chi connectivity index (χ2n) is 10.0. The third-order valence-corrected chi connectivity index (χ3v) is 8.44. The quantitative estimate of drug-likeness (QED) is 0.492. The van der Waals surface area contributed by atoms with E-state index in [4.69, 9.17) is 15.5 Å². The van der Waals surface area contributed by atoms with E-state index < -0.39 is 0 Å². The molecule has 1 aliphatic heterocycles. The van der Waals surface area contributed by atoms with E-state index in [-0.39, 0.29) is 5.41 Å². The average Bonchev–Trinajstić information content (AvgIpc) is 3.21. The number of hydrogen-bond donors (Lipinski definition) is 1. The lowest BCUT2D eigenvalue weighted by molar-refractivity contribution is 0.255. The third kappa shape index (κ3) is 5.11. The number of nitrogens with two attached hydrogens (primary N) is 1. The minimum absolute atomic E-state index is 0.177. The predicted octanol–water partition coefficient (Wildman–Crippen LogP) is 5.57. The van der Waals surface area contributed by atoms with Gasteiger partial charge in [0.15, 0.2) is 11.6 Å². The summed E-state index contributed by atoms with van der Waals surface area (Å²) in [6, 6.07) is 10.2. The lowest BCUT2D eigenvalue weighted by atomic mass is 9.98. The molecule has 0 amide bonds. The first-order chi connectivity index (χ1) is 16.4. The highest BCUT2D eigenvalue weighted by molar-refractivity contribution is 7.15. The number of thiazole rings is 1. The first kappa shape index (κ1) is 22.9. The van der Waals surface area contributed by atoms with Crippen molar-refractivity contribution < 1.29 is 4.74 Å². The van der Waals surface area contributed by atoms with Crippen LogP contribution in [-0.4, -0.2) is 35.0 Å². The van der Waals surface area contributed by atoms with Gasteiger partial charge in [-0.15, -0.1) is 11.3 Å². The zero-order valence-electron chi connectivity index (χ0n) is 20.2. The van der Waals surface area contributed by atoms with Gasteiger partial charge in [-0.3, -0.25) is 0 Å². The van der Waals surface area contributed by atoms with Gasteiger partial charge in [0, 0.05) is 34.9 Å². The number of pyridine rings is 1. The van der Waals surface area contributed by atoms with E-state index in [0.29, 0.717) is 30.0 Å². The number of ether oxygens (including phenoxy) is 1. The number of anilines is 1. The van der Waals surface area contributed by atoms with Gasteiger partial charge in [-0.25, -0.2) is 9.97 Å². The fourth-order valence-corrected chi connectivity index (χ4v) is 5.51. The number of hydrogen-bond acceptors (Lipinski definition) is 6. The Kier molecular flexibility index (Phi) is 6.33. The molecule has 1 saturated carbocycles. The highest BCUT2D eigenvalue weighted by Gasteiger charge is 2.45. The molecule has 5 rings (SSSR count). The van der Waals surface area contributed by atoms with Crippen LogP contribution in [-0.2, 0) is 6.61 Å². The molecule has 1 saturated heterocycles. The van der Waals surface area contributed by atoms with Gasteiger partial charge < -0.3 is 15.4 Å². The molecule has 0 spiro atoms. The summed E-state index contributed by atoms with van der Waals surface area (Å²) in [5.41, 5.74) is 9.39. The maximum Gasteiger partial charge on any atom is 0.166 e. The zero-order valence-corrected chi connectivity index (χ0v) is 21.0. The SMILES string of the molecule is CC1CC1(C)C#Cc1cccc(COc2cc(-c3cnc(C4CCN(C)CC4)s3)cnc2N)c1. The lowest BCUT2D eigenvalue weighted by Gasteiger charge is -2.27. The molecule has 1 aliphatic carbocycles. The summed E-state index contributed by atoms with van der Waals surface area (Å²) in [5, 5.41) is 1.22. The van der Waals surface area contributed by atoms with Crippen LogP contribution >= 0.6 is 11.3 Å². The van der Waals surface area contributed by atoms with Crippen molar-refractivity contribution in [2.24, 2.45) is 11.3 Å². The van der Waals surface area contributed by atoms with E-state index >= 15 is 0 Å². The van der Waals surface area contributed by atoms with Crippen LogP contribution in [0.2, 0.25) is 0 Å². The molecular formula is C28H32N4OS. The summed E-state index contributed by atoms with van der Waals surface area (Å²) < 4.78 is 6.09. The number of benzene rings is 1. The van der Waals surface area contributed by atoms with Gasteiger partial charge in [-0.1, -0.05) is 30.9 Å². The molecule has 0 bridgehead atoms. The van der Waals surface area contributed by atoms with Gasteiger partial charge in [0.1, 0.15) is 6.61 Å². The summed E-state index contributed by atoms with van der Waals surface area (Å²) in [6.45, 7) is 7.17. The van der Waals surface area contributed by atoms with Crippen LogP contribution in [0.5, 0.6) is 5.75 Å². The highest BCUT2D eigenvalue weighted by atomic mass is 32.1. The van der Waals surface area contributed by atoms with E-state index in [0.717, 1.165) is 34.7 Å². The predicted molar refractivity (Wildman–Crippen MR) is 139 cm³/mol. The average molecular weight is 473 g/mol. The smallest absolute Gasteiger partial charge is 0.166 e. The number of nitrogens with zero attached hydrogens (tertiary/aromatic N) is 3. The van der Waals surface area contributed by atoms with Gasteiger partial charge in [0.25, 0.3) is 0 Å². The molecule has 5 nitrogen and oxygen atoms in total. The van der Waals surface area contributed by atoms with E-state index in [1.165, 1.54) is 24.3 Å². The first-order valence-electron chi connectivity index (χ1n) is 12.0. The Balaban J connectivity index is 1.27. The Morgan fingerprint density at radius 2 is 2.00 bits per heavy atom. The maximum atomic E-state index is 6.14. The summed E-state index contributed by atoms with van der Waals surface area (Å²) in [7, 11) is 2.18. The summed E-state index contributed by atoms with van der Waals surface area (Å²) >= 11 is 1.76. The molecule has 34 heavy (non-hydrogen) atoms. The number of likely N-dealkylation sites (tertiary alicyclic amines) is 1. The monoisotopic (exact) mass is 472 g/mol. The number of piperidine rings is 1. The van der Waals surface area contributed by atoms with Gasteiger partial charge >= 0.3 is 0 Å². The Morgan fingerprint density at radius 1 is 1.21 bits per heavy atom. The number of aromatic nitrogens is 2. The minimum atomic E-state index is 0.177. The van der Waals surface area contributed by atoms with Gasteiger partial charge in [0.05, 0.1) is 9.88 Å². The van der Waals surface area contributed by atoms with Gasteiger partial charge in [-0.05, 0) is 76.0 Å². The first-order valence-corrected chi connectivity index (χ1v) is 12.9. The zero-order chi connectivity index (χ0) is 23.7. The Hall–Kier alpha value is -2.88. The largest absolute Gasteiger partial charge is 0.485 e. The fourth-order valence-electron chi connectivity index (χ4n) is 4.44. The Bertz CT molecular complexity index is 1230. The van der Waals surface area contributed by atoms with Crippen LogP contribution in [0.3, 0.4) is 0 Å². The Labute approximate surface area is 206 Å². The normalized spacial score (nSPS) is 22.7. The van der Waals surface area contributed by atoms with Crippen molar-refractivity contribution in [3.63, 3.8) is 0 Å². The molecule has 2 N–H and O–H groups in total. The summed E-state index contributed by atoms with van der Waals surface area (Å²) in [4.78, 5) is 12.6. The molecule has 1 aromatic carbocycles. The Morgan fingerprint density at radius 3 is 2.76 bits per heavy atom. The van der Waals surface area contributed by atoms with E-state index in [1.54, 1.807) is 11.3 Å².